The molecule has 1 heterocycles. The standard InChI is InChI=1S/C25H21FN4OS/c1-32-22-11-5-17(6-12-22)16-28-25(31)18-7-9-21(10-8-18)29-23-13-14-27-24(30-23)19-3-2-4-20(26)15-19/h2-15H,16H2,1H3,(H,28,31)(H,27,29,30). The molecule has 3 aromatic carbocycles. The Morgan fingerprint density at radius 2 is 1.78 bits per heavy atom. The molecular weight excluding hydrogens is 423 g/mol. The molecule has 2 N–H and O–H groups in total. The fourth-order valence-corrected chi connectivity index (χ4v) is 3.48. The van der Waals surface area contributed by atoms with Gasteiger partial charge in [0.05, 0.1) is 0 Å². The van der Waals surface area contributed by atoms with E-state index in [1.165, 1.54) is 17.0 Å². The average Bonchev–Trinajstić information content (AvgIpc) is 2.83. The van der Waals surface area contributed by atoms with Crippen LogP contribution in [0.25, 0.3) is 11.4 Å². The second-order valence-electron chi connectivity index (χ2n) is 7.01. The molecule has 1 amide bonds. The van der Waals surface area contributed by atoms with Crippen LogP contribution in [0.15, 0.2) is 90.0 Å². The molecule has 0 saturated carbocycles. The van der Waals surface area contributed by atoms with E-state index in [0.717, 1.165) is 11.3 Å². The van der Waals surface area contributed by atoms with Gasteiger partial charge in [-0.05, 0) is 66.4 Å². The lowest BCUT2D eigenvalue weighted by Gasteiger charge is -2.09. The summed E-state index contributed by atoms with van der Waals surface area (Å²) in [4.78, 5) is 22.3. The SMILES string of the molecule is CSc1ccc(CNC(=O)c2ccc(Nc3ccnc(-c4cccc(F)c4)n3)cc2)cc1. The van der Waals surface area contributed by atoms with Gasteiger partial charge in [-0.2, -0.15) is 0 Å². The molecule has 4 aromatic rings. The summed E-state index contributed by atoms with van der Waals surface area (Å²) < 4.78 is 13.5. The van der Waals surface area contributed by atoms with Crippen molar-refractivity contribution in [3.8, 4) is 11.4 Å². The Labute approximate surface area is 190 Å². The maximum Gasteiger partial charge on any atom is 0.251 e. The molecule has 0 aliphatic carbocycles. The van der Waals surface area contributed by atoms with Crippen molar-refractivity contribution in [2.45, 2.75) is 11.4 Å². The number of carbonyl (C=O) groups excluding carboxylic acids is 1. The van der Waals surface area contributed by atoms with Gasteiger partial charge in [-0.3, -0.25) is 4.79 Å². The molecule has 0 atom stereocenters. The molecule has 0 aliphatic heterocycles. The van der Waals surface area contributed by atoms with Crippen LogP contribution in [-0.2, 0) is 6.54 Å². The highest BCUT2D eigenvalue weighted by molar-refractivity contribution is 7.98. The first-order chi connectivity index (χ1) is 15.6. The van der Waals surface area contributed by atoms with Gasteiger partial charge in [-0.15, -0.1) is 11.8 Å². The quantitative estimate of drug-likeness (QED) is 0.359. The van der Waals surface area contributed by atoms with Crippen molar-refractivity contribution in [1.82, 2.24) is 15.3 Å². The van der Waals surface area contributed by atoms with E-state index in [0.29, 0.717) is 29.3 Å². The number of benzene rings is 3. The largest absolute Gasteiger partial charge is 0.348 e. The van der Waals surface area contributed by atoms with E-state index in [1.807, 2.05) is 42.7 Å². The predicted molar refractivity (Wildman–Crippen MR) is 127 cm³/mol. The number of aromatic nitrogens is 2. The van der Waals surface area contributed by atoms with Gasteiger partial charge in [0, 0.05) is 34.5 Å². The summed E-state index contributed by atoms with van der Waals surface area (Å²) in [5, 5.41) is 6.12. The number of nitrogens with zero attached hydrogens (tertiary/aromatic N) is 2. The van der Waals surface area contributed by atoms with Crippen LogP contribution in [-0.4, -0.2) is 22.1 Å². The molecule has 0 radical (unpaired) electrons. The number of thioether (sulfide) groups is 1. The van der Waals surface area contributed by atoms with Gasteiger partial charge in [0.15, 0.2) is 5.82 Å². The Morgan fingerprint density at radius 1 is 1.00 bits per heavy atom. The van der Waals surface area contributed by atoms with Gasteiger partial charge in [-0.1, -0.05) is 24.3 Å². The number of nitrogens with one attached hydrogen (secondary N) is 2. The number of anilines is 2. The van der Waals surface area contributed by atoms with E-state index < -0.39 is 0 Å². The van der Waals surface area contributed by atoms with Crippen LogP contribution in [0, 0.1) is 5.82 Å². The third-order valence-corrected chi connectivity index (χ3v) is 5.51. The Hall–Kier alpha value is -3.71. The van der Waals surface area contributed by atoms with Gasteiger partial charge in [0.1, 0.15) is 11.6 Å². The van der Waals surface area contributed by atoms with E-state index >= 15 is 0 Å². The second-order valence-corrected chi connectivity index (χ2v) is 7.89. The molecule has 0 spiro atoms. The zero-order valence-corrected chi connectivity index (χ0v) is 18.2. The highest BCUT2D eigenvalue weighted by Gasteiger charge is 2.07. The maximum absolute atomic E-state index is 13.5. The number of amides is 1. The normalized spacial score (nSPS) is 10.6. The fourth-order valence-electron chi connectivity index (χ4n) is 3.08. The van der Waals surface area contributed by atoms with E-state index in [-0.39, 0.29) is 11.7 Å². The van der Waals surface area contributed by atoms with Gasteiger partial charge in [-0.25, -0.2) is 14.4 Å². The van der Waals surface area contributed by atoms with Crippen molar-refractivity contribution in [3.05, 3.63) is 102 Å². The average molecular weight is 445 g/mol. The summed E-state index contributed by atoms with van der Waals surface area (Å²) in [6, 6.07) is 23.1. The summed E-state index contributed by atoms with van der Waals surface area (Å²) >= 11 is 1.68. The van der Waals surface area contributed by atoms with E-state index in [9.17, 15) is 9.18 Å². The van der Waals surface area contributed by atoms with Crippen molar-refractivity contribution in [3.63, 3.8) is 0 Å². The molecule has 0 saturated heterocycles. The lowest BCUT2D eigenvalue weighted by atomic mass is 10.1. The minimum Gasteiger partial charge on any atom is -0.348 e. The molecule has 0 aliphatic rings. The van der Waals surface area contributed by atoms with Crippen LogP contribution < -0.4 is 10.6 Å². The van der Waals surface area contributed by atoms with Gasteiger partial charge in [0.25, 0.3) is 5.91 Å². The molecule has 0 bridgehead atoms. The Kier molecular flexibility index (Phi) is 6.77. The van der Waals surface area contributed by atoms with Crippen LogP contribution in [0.2, 0.25) is 0 Å². The Balaban J connectivity index is 1.38. The smallest absolute Gasteiger partial charge is 0.251 e. The Bertz CT molecular complexity index is 1210. The van der Waals surface area contributed by atoms with E-state index in [4.69, 9.17) is 0 Å². The van der Waals surface area contributed by atoms with Crippen LogP contribution in [0.3, 0.4) is 0 Å². The summed E-state index contributed by atoms with van der Waals surface area (Å²) in [5.74, 6) is 0.525. The second kappa shape index (κ2) is 10.1. The van der Waals surface area contributed by atoms with Crippen molar-refractivity contribution in [1.29, 1.82) is 0 Å². The molecule has 7 heteroatoms. The van der Waals surface area contributed by atoms with Crippen molar-refractivity contribution < 1.29 is 9.18 Å². The van der Waals surface area contributed by atoms with Gasteiger partial charge >= 0.3 is 0 Å². The summed E-state index contributed by atoms with van der Waals surface area (Å²) in [5.41, 5.74) is 2.99. The highest BCUT2D eigenvalue weighted by atomic mass is 32.2. The molecular formula is C25H21FN4OS. The number of rotatable bonds is 7. The zero-order chi connectivity index (χ0) is 22.3. The topological polar surface area (TPSA) is 66.9 Å². The van der Waals surface area contributed by atoms with Crippen molar-refractivity contribution >= 4 is 29.2 Å². The molecule has 160 valence electrons. The van der Waals surface area contributed by atoms with Gasteiger partial charge < -0.3 is 10.6 Å². The molecule has 4 rings (SSSR count). The molecule has 1 aromatic heterocycles. The molecule has 0 fully saturated rings. The van der Waals surface area contributed by atoms with E-state index in [1.54, 1.807) is 48.3 Å². The first-order valence-corrected chi connectivity index (χ1v) is 11.2. The zero-order valence-electron chi connectivity index (χ0n) is 17.4. The summed E-state index contributed by atoms with van der Waals surface area (Å²) in [6.45, 7) is 0.470. The molecule has 0 unspecified atom stereocenters. The number of hydrogen-bond donors (Lipinski definition) is 2. The van der Waals surface area contributed by atoms with Crippen molar-refractivity contribution in [2.24, 2.45) is 0 Å². The molecule has 32 heavy (non-hydrogen) atoms. The lowest BCUT2D eigenvalue weighted by Crippen LogP contribution is -2.22. The summed E-state index contributed by atoms with van der Waals surface area (Å²) in [6.07, 6.45) is 3.65. The Morgan fingerprint density at radius 3 is 2.50 bits per heavy atom. The van der Waals surface area contributed by atoms with Gasteiger partial charge in [0.2, 0.25) is 0 Å². The minimum absolute atomic E-state index is 0.138. The monoisotopic (exact) mass is 444 g/mol. The van der Waals surface area contributed by atoms with Crippen LogP contribution in [0.5, 0.6) is 0 Å². The third-order valence-electron chi connectivity index (χ3n) is 4.77. The molecule has 5 nitrogen and oxygen atoms in total. The van der Waals surface area contributed by atoms with Crippen LogP contribution in [0.4, 0.5) is 15.9 Å². The first-order valence-electron chi connectivity index (χ1n) is 9.98. The summed E-state index contributed by atoms with van der Waals surface area (Å²) in [7, 11) is 0. The van der Waals surface area contributed by atoms with Crippen LogP contribution >= 0.6 is 11.8 Å². The minimum atomic E-state index is -0.338. The van der Waals surface area contributed by atoms with E-state index in [2.05, 4.69) is 20.6 Å². The van der Waals surface area contributed by atoms with Crippen molar-refractivity contribution in [2.75, 3.05) is 11.6 Å². The number of hydrogen-bond acceptors (Lipinski definition) is 5. The predicted octanol–water partition coefficient (Wildman–Crippen LogP) is 5.68. The number of carbonyl (C=O) groups is 1. The number of halogens is 1. The highest BCUT2D eigenvalue weighted by Crippen LogP contribution is 2.20. The third kappa shape index (κ3) is 5.50. The maximum atomic E-state index is 13.5. The fraction of sp³-hybridized carbons (Fsp3) is 0.0800. The lowest BCUT2D eigenvalue weighted by molar-refractivity contribution is 0.0951. The first kappa shape index (κ1) is 21.5. The van der Waals surface area contributed by atoms with Crippen LogP contribution in [0.1, 0.15) is 15.9 Å².